The van der Waals surface area contributed by atoms with Crippen molar-refractivity contribution < 1.29 is 14.3 Å². The summed E-state index contributed by atoms with van der Waals surface area (Å²) in [5.74, 6) is 0.665. The molecule has 0 aromatic carbocycles. The minimum absolute atomic E-state index is 0.0143. The van der Waals surface area contributed by atoms with Crippen LogP contribution in [-0.4, -0.2) is 34.5 Å². The first-order valence-corrected chi connectivity index (χ1v) is 8.97. The van der Waals surface area contributed by atoms with Gasteiger partial charge in [-0.15, -0.1) is 6.58 Å². The van der Waals surface area contributed by atoms with E-state index >= 15 is 0 Å². The lowest BCUT2D eigenvalue weighted by molar-refractivity contribution is -0.0719. The van der Waals surface area contributed by atoms with E-state index < -0.39 is 11.3 Å². The molecule has 2 aliphatic rings. The second kappa shape index (κ2) is 6.84. The molecule has 0 radical (unpaired) electrons. The highest BCUT2D eigenvalue weighted by atomic mass is 16.6. The van der Waals surface area contributed by atoms with E-state index in [1.54, 1.807) is 4.90 Å². The number of amides is 1. The minimum Gasteiger partial charge on any atom is -0.444 e. The predicted molar refractivity (Wildman–Crippen MR) is 92.2 cm³/mol. The second-order valence-electron chi connectivity index (χ2n) is 8.42. The van der Waals surface area contributed by atoms with Crippen molar-refractivity contribution in [2.45, 2.75) is 96.6 Å². The number of ether oxygens (including phenoxy) is 2. The molecule has 1 saturated heterocycles. The molecule has 1 heterocycles. The Morgan fingerprint density at radius 2 is 1.91 bits per heavy atom. The van der Waals surface area contributed by atoms with Crippen molar-refractivity contribution in [3.8, 4) is 0 Å². The molecule has 2 rings (SSSR count). The summed E-state index contributed by atoms with van der Waals surface area (Å²) >= 11 is 0. The minimum atomic E-state index is -0.666. The first-order chi connectivity index (χ1) is 10.6. The van der Waals surface area contributed by atoms with Gasteiger partial charge in [-0.1, -0.05) is 38.2 Å². The average molecular weight is 323 g/mol. The van der Waals surface area contributed by atoms with E-state index in [4.69, 9.17) is 9.47 Å². The molecule has 0 spiro atoms. The van der Waals surface area contributed by atoms with Crippen LogP contribution in [0, 0.1) is 5.92 Å². The van der Waals surface area contributed by atoms with Gasteiger partial charge in [0, 0.05) is 0 Å². The van der Waals surface area contributed by atoms with E-state index in [9.17, 15) is 4.79 Å². The molecule has 2 atom stereocenters. The van der Waals surface area contributed by atoms with Gasteiger partial charge in [0.05, 0.1) is 12.1 Å². The van der Waals surface area contributed by atoms with Gasteiger partial charge in [-0.2, -0.15) is 0 Å². The second-order valence-corrected chi connectivity index (χ2v) is 8.42. The van der Waals surface area contributed by atoms with Crippen LogP contribution < -0.4 is 0 Å². The normalized spacial score (nSPS) is 28.7. The summed E-state index contributed by atoms with van der Waals surface area (Å²) < 4.78 is 11.7. The molecule has 0 aromatic rings. The molecule has 132 valence electrons. The maximum atomic E-state index is 12.8. The van der Waals surface area contributed by atoms with Gasteiger partial charge in [0.25, 0.3) is 0 Å². The first kappa shape index (κ1) is 18.3. The molecular formula is C19H33NO3. The van der Waals surface area contributed by atoms with Crippen molar-refractivity contribution in [3.63, 3.8) is 0 Å². The smallest absolute Gasteiger partial charge is 0.412 e. The highest BCUT2D eigenvalue weighted by molar-refractivity contribution is 5.70. The Hall–Kier alpha value is -1.03. The Bertz CT molecular complexity index is 432. The highest BCUT2D eigenvalue weighted by Gasteiger charge is 2.50. The third-order valence-corrected chi connectivity index (χ3v) is 4.84. The molecule has 2 fully saturated rings. The van der Waals surface area contributed by atoms with E-state index in [1.165, 1.54) is 32.1 Å². The number of nitrogens with zero attached hydrogens (tertiary/aromatic N) is 1. The molecule has 1 amide bonds. The predicted octanol–water partition coefficient (Wildman–Crippen LogP) is 4.88. The Morgan fingerprint density at radius 1 is 1.30 bits per heavy atom. The van der Waals surface area contributed by atoms with Crippen molar-refractivity contribution in [2.24, 2.45) is 5.92 Å². The van der Waals surface area contributed by atoms with Crippen LogP contribution in [0.5, 0.6) is 0 Å². The number of hydrogen-bond acceptors (Lipinski definition) is 3. The average Bonchev–Trinajstić information content (AvgIpc) is 2.68. The van der Waals surface area contributed by atoms with Crippen LogP contribution in [0.1, 0.15) is 73.1 Å². The van der Waals surface area contributed by atoms with Gasteiger partial charge in [0.2, 0.25) is 0 Å². The Morgan fingerprint density at radius 3 is 2.43 bits per heavy atom. The largest absolute Gasteiger partial charge is 0.444 e. The van der Waals surface area contributed by atoms with E-state index in [-0.39, 0.29) is 18.2 Å². The molecule has 1 aliphatic carbocycles. The van der Waals surface area contributed by atoms with Gasteiger partial charge >= 0.3 is 6.09 Å². The summed E-state index contributed by atoms with van der Waals surface area (Å²) in [4.78, 5) is 14.6. The van der Waals surface area contributed by atoms with Gasteiger partial charge in [-0.3, -0.25) is 4.90 Å². The molecule has 1 aliphatic heterocycles. The van der Waals surface area contributed by atoms with E-state index in [1.807, 2.05) is 40.7 Å². The van der Waals surface area contributed by atoms with Crippen LogP contribution in [0.2, 0.25) is 0 Å². The van der Waals surface area contributed by atoms with Crippen molar-refractivity contribution in [2.75, 3.05) is 0 Å². The maximum absolute atomic E-state index is 12.8. The van der Waals surface area contributed by atoms with Crippen molar-refractivity contribution in [3.05, 3.63) is 12.7 Å². The number of carbonyl (C=O) groups excluding carboxylic acids is 1. The van der Waals surface area contributed by atoms with Gasteiger partial charge in [0.1, 0.15) is 11.3 Å². The van der Waals surface area contributed by atoms with Gasteiger partial charge in [-0.25, -0.2) is 4.79 Å². The third kappa shape index (κ3) is 4.50. The first-order valence-electron chi connectivity index (χ1n) is 8.97. The summed E-state index contributed by atoms with van der Waals surface area (Å²) in [7, 11) is 0. The maximum Gasteiger partial charge on any atom is 0.412 e. The quantitative estimate of drug-likeness (QED) is 0.695. The molecular weight excluding hydrogens is 290 g/mol. The molecule has 1 saturated carbocycles. The molecule has 0 bridgehead atoms. The number of hydrogen-bond donors (Lipinski definition) is 0. The summed E-state index contributed by atoms with van der Waals surface area (Å²) in [6, 6.07) is 0.0143. The zero-order valence-electron chi connectivity index (χ0n) is 15.4. The standard InChI is InChI=1S/C19H33NO3/c1-7-16-15(13-14-11-9-8-10-12-14)20(19(5,6)22-16)17(21)23-18(2,3)4/h7,14-16H,1,8-13H2,2-6H3/t15-,16-/m0/s1. The Labute approximate surface area is 141 Å². The monoisotopic (exact) mass is 323 g/mol. The summed E-state index contributed by atoms with van der Waals surface area (Å²) in [6.07, 6.45) is 8.83. The van der Waals surface area contributed by atoms with E-state index in [0.717, 1.165) is 6.42 Å². The fourth-order valence-electron chi connectivity index (χ4n) is 3.89. The lowest BCUT2D eigenvalue weighted by Crippen LogP contribution is -2.50. The van der Waals surface area contributed by atoms with Crippen LogP contribution >= 0.6 is 0 Å². The molecule has 4 heteroatoms. The summed E-state index contributed by atoms with van der Waals surface area (Å²) in [5.41, 5.74) is -1.17. The van der Waals surface area contributed by atoms with Gasteiger partial charge in [0.15, 0.2) is 0 Å². The summed E-state index contributed by atoms with van der Waals surface area (Å²) in [5, 5.41) is 0. The third-order valence-electron chi connectivity index (χ3n) is 4.84. The molecule has 4 nitrogen and oxygen atoms in total. The molecule has 0 aromatic heterocycles. The van der Waals surface area contributed by atoms with Crippen LogP contribution in [0.25, 0.3) is 0 Å². The molecule has 0 unspecified atom stereocenters. The Kier molecular flexibility index (Phi) is 5.44. The SMILES string of the molecule is C=C[C@@H]1OC(C)(C)N(C(=O)OC(C)(C)C)[C@H]1CC1CCCCC1. The zero-order valence-corrected chi connectivity index (χ0v) is 15.4. The number of rotatable bonds is 3. The van der Waals surface area contributed by atoms with Crippen LogP contribution in [0.3, 0.4) is 0 Å². The van der Waals surface area contributed by atoms with Crippen molar-refractivity contribution in [1.82, 2.24) is 4.90 Å². The van der Waals surface area contributed by atoms with Crippen LogP contribution in [-0.2, 0) is 9.47 Å². The van der Waals surface area contributed by atoms with Crippen molar-refractivity contribution >= 4 is 6.09 Å². The topological polar surface area (TPSA) is 38.8 Å². The lowest BCUT2D eigenvalue weighted by atomic mass is 9.83. The van der Waals surface area contributed by atoms with E-state index in [0.29, 0.717) is 5.92 Å². The Balaban J connectivity index is 2.18. The fourth-order valence-corrected chi connectivity index (χ4v) is 3.89. The van der Waals surface area contributed by atoms with E-state index in [2.05, 4.69) is 6.58 Å². The number of carbonyl (C=O) groups is 1. The fraction of sp³-hybridized carbons (Fsp3) is 0.842. The zero-order chi connectivity index (χ0) is 17.3. The molecule has 23 heavy (non-hydrogen) atoms. The van der Waals surface area contributed by atoms with Crippen LogP contribution in [0.15, 0.2) is 12.7 Å². The van der Waals surface area contributed by atoms with Gasteiger partial charge in [-0.05, 0) is 47.0 Å². The van der Waals surface area contributed by atoms with Crippen molar-refractivity contribution in [1.29, 1.82) is 0 Å². The summed E-state index contributed by atoms with van der Waals surface area (Å²) in [6.45, 7) is 13.5. The van der Waals surface area contributed by atoms with Gasteiger partial charge < -0.3 is 9.47 Å². The molecule has 0 N–H and O–H groups in total. The highest BCUT2D eigenvalue weighted by Crippen LogP contribution is 2.39. The van der Waals surface area contributed by atoms with Crippen LogP contribution in [0.4, 0.5) is 4.79 Å². The lowest BCUT2D eigenvalue weighted by Gasteiger charge is -2.36.